The summed E-state index contributed by atoms with van der Waals surface area (Å²) in [5, 5.41) is 0. The summed E-state index contributed by atoms with van der Waals surface area (Å²) in [4.78, 5) is 0. The van der Waals surface area contributed by atoms with Crippen molar-refractivity contribution in [2.75, 3.05) is 0 Å². The largest absolute Gasteiger partial charge is 0.118 e. The van der Waals surface area contributed by atoms with Crippen molar-refractivity contribution >= 4 is 7.28 Å². The Morgan fingerprint density at radius 2 is 1.25 bits per heavy atom. The van der Waals surface area contributed by atoms with Gasteiger partial charge in [-0.15, -0.1) is 0 Å². The van der Waals surface area contributed by atoms with E-state index in [9.17, 15) is 0 Å². The van der Waals surface area contributed by atoms with Gasteiger partial charge in [0.1, 0.15) is 7.28 Å². The van der Waals surface area contributed by atoms with Crippen LogP contribution in [-0.2, 0) is 0 Å². The molecule has 0 aromatic rings. The minimum absolute atomic E-state index is 0.948. The molecule has 0 nitrogen and oxygen atoms in total. The van der Waals surface area contributed by atoms with Crippen LogP contribution in [0.3, 0.4) is 0 Å². The molecule has 6 fully saturated rings. The highest BCUT2D eigenvalue weighted by molar-refractivity contribution is 6.41. The van der Waals surface area contributed by atoms with E-state index in [1.807, 2.05) is 5.57 Å². The topological polar surface area (TPSA) is 0 Å². The van der Waals surface area contributed by atoms with E-state index in [0.717, 1.165) is 70.8 Å². The van der Waals surface area contributed by atoms with E-state index < -0.39 is 0 Å². The average Bonchev–Trinajstić information content (AvgIpc) is 3.46. The molecule has 1 radical (unpaired) electrons. The Hall–Kier alpha value is -0.195. The normalized spacial score (nSPS) is 54.0. The number of hydrogen-bond acceptors (Lipinski definition) is 0. The maximum absolute atomic E-state index is 2.91. The van der Waals surface area contributed by atoms with Crippen LogP contribution in [0.4, 0.5) is 0 Å². The van der Waals surface area contributed by atoms with Crippen molar-refractivity contribution in [1.29, 1.82) is 0 Å². The Bertz CT molecular complexity index is 702. The number of rotatable bonds is 3. The molecule has 0 bridgehead atoms. The summed E-state index contributed by atoms with van der Waals surface area (Å²) in [5.74, 6) is 12.7. The third-order valence-corrected chi connectivity index (χ3v) is 12.9. The highest BCUT2D eigenvalue weighted by atomic mass is 14.6. The predicted octanol–water partition coefficient (Wildman–Crippen LogP) is 8.71. The summed E-state index contributed by atoms with van der Waals surface area (Å²) < 4.78 is 0. The second kappa shape index (κ2) is 8.48. The highest BCUT2D eigenvalue weighted by Gasteiger charge is 2.55. The van der Waals surface area contributed by atoms with Gasteiger partial charge in [-0.2, -0.15) is 0 Å². The van der Waals surface area contributed by atoms with Crippen molar-refractivity contribution < 1.29 is 0 Å². The van der Waals surface area contributed by atoms with E-state index in [-0.39, 0.29) is 0 Å². The zero-order valence-electron chi connectivity index (χ0n) is 20.9. The molecule has 11 atom stereocenters. The average molecular weight is 432 g/mol. The first-order chi connectivity index (χ1) is 15.8. The first-order valence-corrected chi connectivity index (χ1v) is 15.3. The molecule has 1 aliphatic heterocycles. The highest BCUT2D eigenvalue weighted by Crippen LogP contribution is 2.64. The van der Waals surface area contributed by atoms with E-state index in [0.29, 0.717) is 0 Å². The van der Waals surface area contributed by atoms with Gasteiger partial charge in [-0.1, -0.05) is 81.1 Å². The fourth-order valence-electron chi connectivity index (χ4n) is 12.0. The standard InChI is InChI=1S/C31H48B/c1-19-18-20-14-17-29-31(27-12-6-7-13-28(27)32-29)30(20)21(19)15-16-26-24-10-4-2-8-22(24)23-9-3-5-11-25(23)26/h18,20-31H,2-17H2,1H3. The predicted molar refractivity (Wildman–Crippen MR) is 136 cm³/mol. The summed E-state index contributed by atoms with van der Waals surface area (Å²) in [7, 11) is 2.91. The van der Waals surface area contributed by atoms with Gasteiger partial charge in [-0.25, -0.2) is 0 Å². The zero-order valence-corrected chi connectivity index (χ0v) is 20.9. The van der Waals surface area contributed by atoms with E-state index in [1.165, 1.54) is 32.1 Å². The molecule has 11 unspecified atom stereocenters. The monoisotopic (exact) mass is 431 g/mol. The lowest BCUT2D eigenvalue weighted by Crippen LogP contribution is -2.36. The molecular weight excluding hydrogens is 383 g/mol. The molecule has 0 aromatic heterocycles. The van der Waals surface area contributed by atoms with Crippen molar-refractivity contribution in [2.24, 2.45) is 59.2 Å². The van der Waals surface area contributed by atoms with E-state index in [2.05, 4.69) is 20.3 Å². The maximum atomic E-state index is 2.91. The summed E-state index contributed by atoms with van der Waals surface area (Å²) in [6.07, 6.45) is 27.7. The lowest BCUT2D eigenvalue weighted by Gasteiger charge is -2.44. The molecule has 175 valence electrons. The Morgan fingerprint density at radius 1 is 0.625 bits per heavy atom. The van der Waals surface area contributed by atoms with Crippen molar-refractivity contribution in [1.82, 2.24) is 0 Å². The van der Waals surface area contributed by atoms with Crippen LogP contribution < -0.4 is 0 Å². The van der Waals surface area contributed by atoms with Crippen LogP contribution in [0.1, 0.15) is 110 Å². The van der Waals surface area contributed by atoms with Crippen molar-refractivity contribution in [3.05, 3.63) is 11.6 Å². The van der Waals surface area contributed by atoms with Gasteiger partial charge in [0, 0.05) is 0 Å². The molecule has 6 aliphatic carbocycles. The van der Waals surface area contributed by atoms with Gasteiger partial charge in [0.15, 0.2) is 0 Å². The van der Waals surface area contributed by atoms with Crippen LogP contribution in [0, 0.1) is 59.2 Å². The fraction of sp³-hybridized carbons (Fsp3) is 0.935. The van der Waals surface area contributed by atoms with Gasteiger partial charge in [-0.3, -0.25) is 0 Å². The Kier molecular flexibility index (Phi) is 5.60. The molecule has 32 heavy (non-hydrogen) atoms. The summed E-state index contributed by atoms with van der Waals surface area (Å²) in [6, 6.07) is 0. The number of allylic oxidation sites excluding steroid dienone is 2. The van der Waals surface area contributed by atoms with E-state index in [4.69, 9.17) is 0 Å². The summed E-state index contributed by atoms with van der Waals surface area (Å²) in [5.41, 5.74) is 1.83. The molecule has 0 aromatic carbocycles. The van der Waals surface area contributed by atoms with E-state index in [1.54, 1.807) is 70.6 Å². The molecule has 7 aliphatic rings. The zero-order chi connectivity index (χ0) is 21.2. The Morgan fingerprint density at radius 3 is 1.97 bits per heavy atom. The summed E-state index contributed by atoms with van der Waals surface area (Å²) >= 11 is 0. The van der Waals surface area contributed by atoms with Crippen molar-refractivity contribution in [3.63, 3.8) is 0 Å². The molecule has 0 amide bonds. The third-order valence-electron chi connectivity index (χ3n) is 12.9. The van der Waals surface area contributed by atoms with Gasteiger partial charge in [0.2, 0.25) is 0 Å². The molecule has 0 N–H and O–H groups in total. The lowest BCUT2D eigenvalue weighted by atomic mass is 9.52. The van der Waals surface area contributed by atoms with Crippen LogP contribution >= 0.6 is 0 Å². The van der Waals surface area contributed by atoms with E-state index >= 15 is 0 Å². The van der Waals surface area contributed by atoms with Gasteiger partial charge in [0.25, 0.3) is 0 Å². The van der Waals surface area contributed by atoms with Crippen molar-refractivity contribution in [3.8, 4) is 0 Å². The minimum Gasteiger partial charge on any atom is -0.0819 e. The Balaban J connectivity index is 1.10. The second-order valence-electron chi connectivity index (χ2n) is 13.8. The fourth-order valence-corrected chi connectivity index (χ4v) is 12.0. The quantitative estimate of drug-likeness (QED) is 0.310. The summed E-state index contributed by atoms with van der Waals surface area (Å²) in [6.45, 7) is 2.55. The van der Waals surface area contributed by atoms with Gasteiger partial charge in [0.05, 0.1) is 0 Å². The van der Waals surface area contributed by atoms with Gasteiger partial charge in [-0.05, 0) is 111 Å². The number of fused-ring (bicyclic) bond motifs is 8. The minimum atomic E-state index is 0.948. The molecule has 1 heteroatoms. The van der Waals surface area contributed by atoms with Crippen LogP contribution in [0.2, 0.25) is 11.6 Å². The smallest absolute Gasteiger partial charge is 0.0819 e. The van der Waals surface area contributed by atoms with Gasteiger partial charge < -0.3 is 0 Å². The Labute approximate surface area is 199 Å². The first-order valence-electron chi connectivity index (χ1n) is 15.3. The molecule has 0 spiro atoms. The van der Waals surface area contributed by atoms with Crippen LogP contribution in [0.5, 0.6) is 0 Å². The van der Waals surface area contributed by atoms with Gasteiger partial charge >= 0.3 is 0 Å². The maximum Gasteiger partial charge on any atom is 0.118 e. The van der Waals surface area contributed by atoms with Crippen LogP contribution in [-0.4, -0.2) is 7.28 Å². The second-order valence-corrected chi connectivity index (χ2v) is 13.8. The molecule has 7 rings (SSSR count). The van der Waals surface area contributed by atoms with Crippen LogP contribution in [0.25, 0.3) is 0 Å². The number of hydrogen-bond donors (Lipinski definition) is 0. The molecular formula is C31H48B. The third kappa shape index (κ3) is 3.28. The molecule has 1 saturated heterocycles. The van der Waals surface area contributed by atoms with Crippen LogP contribution in [0.15, 0.2) is 11.6 Å². The molecule has 5 saturated carbocycles. The van der Waals surface area contributed by atoms with Crippen molar-refractivity contribution in [2.45, 2.75) is 121 Å². The lowest BCUT2D eigenvalue weighted by molar-refractivity contribution is 0.0873. The molecule has 1 heterocycles. The SMILES string of the molecule is CC1=CC2CCC3[B]C4CCCCC4C3C2C1CCC1C2CCCCC2C2CCCCC21. The first kappa shape index (κ1) is 21.1.